The van der Waals surface area contributed by atoms with Crippen LogP contribution in [0.25, 0.3) is 11.2 Å². The minimum atomic E-state index is -0.768. The molecule has 4 atom stereocenters. The van der Waals surface area contributed by atoms with E-state index in [2.05, 4.69) is 20.3 Å². The Kier molecular flexibility index (Phi) is 5.17. The summed E-state index contributed by atoms with van der Waals surface area (Å²) in [7, 11) is 0. The molecule has 2 aliphatic rings. The predicted octanol–water partition coefficient (Wildman–Crippen LogP) is 1.97. The molecule has 3 unspecified atom stereocenters. The molecule has 1 amide bonds. The molecule has 30 heavy (non-hydrogen) atoms. The first-order valence-electron chi connectivity index (χ1n) is 9.86. The second-order valence-electron chi connectivity index (χ2n) is 8.88. The third-order valence-corrected chi connectivity index (χ3v) is 4.79. The third kappa shape index (κ3) is 4.10. The number of hydrogen-bond donors (Lipinski definition) is 2. The number of rotatable bonds is 3. The highest BCUT2D eigenvalue weighted by atomic mass is 16.8. The highest BCUT2D eigenvalue weighted by Gasteiger charge is 2.51. The van der Waals surface area contributed by atoms with E-state index < -0.39 is 35.9 Å². The number of ether oxygens (including phenoxy) is 4. The number of aliphatic hydroxyl groups excluding tert-OH is 1. The second-order valence-corrected chi connectivity index (χ2v) is 8.88. The molecule has 0 saturated carbocycles. The molecule has 0 aromatic carbocycles. The van der Waals surface area contributed by atoms with Crippen LogP contribution in [0.5, 0.6) is 0 Å². The van der Waals surface area contributed by atoms with Crippen molar-refractivity contribution >= 4 is 23.1 Å². The zero-order chi connectivity index (χ0) is 21.7. The van der Waals surface area contributed by atoms with E-state index in [1.807, 2.05) is 13.8 Å². The van der Waals surface area contributed by atoms with Gasteiger partial charge in [-0.15, -0.1) is 0 Å². The van der Waals surface area contributed by atoms with Gasteiger partial charge in [0.05, 0.1) is 25.1 Å². The van der Waals surface area contributed by atoms with Crippen LogP contribution in [0.3, 0.4) is 0 Å². The fourth-order valence-electron chi connectivity index (χ4n) is 3.75. The number of aliphatic hydroxyl groups is 1. The summed E-state index contributed by atoms with van der Waals surface area (Å²) in [6.07, 6.45) is 1.09. The molecule has 0 radical (unpaired) electrons. The van der Waals surface area contributed by atoms with Crippen LogP contribution in [0.15, 0.2) is 12.7 Å². The molecule has 2 N–H and O–H groups in total. The van der Waals surface area contributed by atoms with Crippen molar-refractivity contribution in [2.75, 3.05) is 11.9 Å². The predicted molar refractivity (Wildman–Crippen MR) is 105 cm³/mol. The first-order valence-corrected chi connectivity index (χ1v) is 9.86. The maximum Gasteiger partial charge on any atom is 0.413 e. The molecule has 11 nitrogen and oxygen atoms in total. The summed E-state index contributed by atoms with van der Waals surface area (Å²) >= 11 is 0. The van der Waals surface area contributed by atoms with E-state index in [1.165, 1.54) is 6.33 Å². The van der Waals surface area contributed by atoms with E-state index >= 15 is 0 Å². The Morgan fingerprint density at radius 3 is 2.80 bits per heavy atom. The maximum absolute atomic E-state index is 12.2. The lowest BCUT2D eigenvalue weighted by Crippen LogP contribution is -2.45. The molecule has 2 aliphatic heterocycles. The highest BCUT2D eigenvalue weighted by molar-refractivity contribution is 5.93. The average molecular weight is 421 g/mol. The van der Waals surface area contributed by atoms with Gasteiger partial charge in [0.1, 0.15) is 18.0 Å². The van der Waals surface area contributed by atoms with Crippen LogP contribution in [-0.4, -0.2) is 67.0 Å². The number of anilines is 1. The van der Waals surface area contributed by atoms with Crippen LogP contribution in [0.2, 0.25) is 0 Å². The van der Waals surface area contributed by atoms with E-state index in [-0.39, 0.29) is 18.5 Å². The zero-order valence-electron chi connectivity index (χ0n) is 17.7. The number of aromatic nitrogens is 4. The summed E-state index contributed by atoms with van der Waals surface area (Å²) in [4.78, 5) is 25.0. The molecule has 2 aromatic rings. The smallest absolute Gasteiger partial charge is 0.413 e. The Hall–Kier alpha value is -2.34. The Balaban J connectivity index is 1.65. The van der Waals surface area contributed by atoms with E-state index in [9.17, 15) is 9.90 Å². The molecule has 4 heterocycles. The van der Waals surface area contributed by atoms with Gasteiger partial charge in [-0.25, -0.2) is 19.7 Å². The van der Waals surface area contributed by atoms with Gasteiger partial charge < -0.3 is 24.1 Å². The summed E-state index contributed by atoms with van der Waals surface area (Å²) in [5, 5.41) is 12.3. The Bertz CT molecular complexity index is 939. The van der Waals surface area contributed by atoms with E-state index in [1.54, 1.807) is 31.7 Å². The van der Waals surface area contributed by atoms with Gasteiger partial charge in [-0.05, 0) is 34.6 Å². The van der Waals surface area contributed by atoms with Crippen molar-refractivity contribution in [2.24, 2.45) is 0 Å². The largest absolute Gasteiger partial charge is 0.444 e. The summed E-state index contributed by atoms with van der Waals surface area (Å²) in [5.74, 6) is -0.543. The van der Waals surface area contributed by atoms with Gasteiger partial charge >= 0.3 is 6.09 Å². The minimum Gasteiger partial charge on any atom is -0.444 e. The van der Waals surface area contributed by atoms with E-state index in [0.29, 0.717) is 17.6 Å². The maximum atomic E-state index is 12.2. The standard InChI is InChI=1S/C19H27N5O6/c1-18(2,3)30-17(26)23-14-12-15(21-8-20-14)24(9-22-12)16-13-11(6-10(7-25)27-16)28-19(4,5)29-13/h8-11,13,16,25H,6-7H2,1-5H3,(H,20,21,23,26)/t10-,11?,13?,16?/m0/s1. The molecule has 0 aliphatic carbocycles. The Morgan fingerprint density at radius 1 is 1.33 bits per heavy atom. The SMILES string of the molecule is CC(C)(C)OC(=O)Nc1ncnc2c1ncn2C1O[C@H](CO)CC2OC(C)(C)OC21. The van der Waals surface area contributed by atoms with Gasteiger partial charge in [0.15, 0.2) is 29.0 Å². The normalized spacial score (nSPS) is 28.3. The molecular formula is C19H27N5O6. The van der Waals surface area contributed by atoms with Gasteiger partial charge in [-0.1, -0.05) is 0 Å². The molecule has 164 valence electrons. The monoisotopic (exact) mass is 421 g/mol. The number of nitrogens with zero attached hydrogens (tertiary/aromatic N) is 4. The number of carbonyl (C=O) groups is 1. The molecule has 2 fully saturated rings. The van der Waals surface area contributed by atoms with Crippen molar-refractivity contribution in [3.05, 3.63) is 12.7 Å². The van der Waals surface area contributed by atoms with Gasteiger partial charge in [-0.3, -0.25) is 9.88 Å². The van der Waals surface area contributed by atoms with E-state index in [0.717, 1.165) is 0 Å². The van der Waals surface area contributed by atoms with Crippen molar-refractivity contribution in [1.82, 2.24) is 19.5 Å². The lowest BCUT2D eigenvalue weighted by atomic mass is 10.0. The summed E-state index contributed by atoms with van der Waals surface area (Å²) in [6.45, 7) is 8.86. The van der Waals surface area contributed by atoms with Crippen molar-refractivity contribution < 1.29 is 28.8 Å². The number of nitrogens with one attached hydrogen (secondary N) is 1. The van der Waals surface area contributed by atoms with Crippen molar-refractivity contribution in [1.29, 1.82) is 0 Å². The lowest BCUT2D eigenvalue weighted by Gasteiger charge is -2.36. The molecule has 0 spiro atoms. The topological polar surface area (TPSA) is 130 Å². The summed E-state index contributed by atoms with van der Waals surface area (Å²) in [5.41, 5.74) is 0.187. The van der Waals surface area contributed by atoms with Gasteiger partial charge in [-0.2, -0.15) is 0 Å². The molecule has 4 rings (SSSR count). The highest BCUT2D eigenvalue weighted by Crippen LogP contribution is 2.42. The van der Waals surface area contributed by atoms with Crippen LogP contribution >= 0.6 is 0 Å². The quantitative estimate of drug-likeness (QED) is 0.764. The van der Waals surface area contributed by atoms with Crippen LogP contribution < -0.4 is 5.32 Å². The average Bonchev–Trinajstić information content (AvgIpc) is 3.19. The second kappa shape index (κ2) is 7.41. The number of imidazole rings is 1. The van der Waals surface area contributed by atoms with Gasteiger partial charge in [0.2, 0.25) is 0 Å². The number of carbonyl (C=O) groups excluding carboxylic acids is 1. The first-order chi connectivity index (χ1) is 14.1. The fraction of sp³-hybridized carbons (Fsp3) is 0.684. The molecule has 11 heteroatoms. The number of fused-ring (bicyclic) bond motifs is 2. The van der Waals surface area contributed by atoms with E-state index in [4.69, 9.17) is 18.9 Å². The van der Waals surface area contributed by atoms with Crippen LogP contribution in [0.1, 0.15) is 47.3 Å². The fourth-order valence-corrected chi connectivity index (χ4v) is 3.75. The molecule has 2 aromatic heterocycles. The summed E-state index contributed by atoms with van der Waals surface area (Å²) in [6, 6.07) is 0. The Morgan fingerprint density at radius 2 is 2.10 bits per heavy atom. The van der Waals surface area contributed by atoms with Gasteiger partial charge in [0, 0.05) is 6.42 Å². The van der Waals surface area contributed by atoms with Gasteiger partial charge in [0.25, 0.3) is 0 Å². The number of hydrogen-bond acceptors (Lipinski definition) is 9. The minimum absolute atomic E-state index is 0.142. The first kappa shape index (κ1) is 20.9. The van der Waals surface area contributed by atoms with Crippen LogP contribution in [0.4, 0.5) is 10.6 Å². The molecule has 2 saturated heterocycles. The van der Waals surface area contributed by atoms with Crippen molar-refractivity contribution in [2.45, 2.75) is 77.0 Å². The van der Waals surface area contributed by atoms with Crippen LogP contribution in [0, 0.1) is 0 Å². The van der Waals surface area contributed by atoms with Crippen LogP contribution in [-0.2, 0) is 18.9 Å². The molecule has 0 bridgehead atoms. The van der Waals surface area contributed by atoms with Crippen molar-refractivity contribution in [3.63, 3.8) is 0 Å². The summed E-state index contributed by atoms with van der Waals surface area (Å²) < 4.78 is 25.1. The zero-order valence-corrected chi connectivity index (χ0v) is 17.7. The Labute approximate surface area is 173 Å². The number of amides is 1. The lowest BCUT2D eigenvalue weighted by molar-refractivity contribution is -0.184. The molecular weight excluding hydrogens is 394 g/mol. The van der Waals surface area contributed by atoms with Crippen molar-refractivity contribution in [3.8, 4) is 0 Å². The third-order valence-electron chi connectivity index (χ3n) is 4.79.